The minimum absolute atomic E-state index is 0.301. The minimum Gasteiger partial charge on any atom is -0.354 e. The van der Waals surface area contributed by atoms with Gasteiger partial charge in [0.05, 0.1) is 6.04 Å². The van der Waals surface area contributed by atoms with Crippen molar-refractivity contribution in [1.29, 1.82) is 0 Å². The molecule has 2 aromatic heterocycles. The van der Waals surface area contributed by atoms with Crippen LogP contribution in [-0.4, -0.2) is 32.6 Å². The second kappa shape index (κ2) is 5.61. The summed E-state index contributed by atoms with van der Waals surface area (Å²) in [5.74, 6) is 1.54. The van der Waals surface area contributed by atoms with E-state index < -0.39 is 0 Å². The van der Waals surface area contributed by atoms with Crippen LogP contribution < -0.4 is 4.90 Å². The average molecular weight is 311 g/mol. The van der Waals surface area contributed by atoms with E-state index in [9.17, 15) is 4.39 Å². The van der Waals surface area contributed by atoms with E-state index in [1.165, 1.54) is 12.4 Å². The Balaban J connectivity index is 1.71. The van der Waals surface area contributed by atoms with Crippen LogP contribution in [0, 0.1) is 12.7 Å². The van der Waals surface area contributed by atoms with Gasteiger partial charge in [0, 0.05) is 30.9 Å². The first-order valence-electron chi connectivity index (χ1n) is 7.87. The molecule has 1 atom stereocenters. The lowest BCUT2D eigenvalue weighted by atomic mass is 10.0. The first-order valence-corrected chi connectivity index (χ1v) is 7.87. The van der Waals surface area contributed by atoms with E-state index in [4.69, 9.17) is 0 Å². The number of fused-ring (bicyclic) bond motifs is 1. The van der Waals surface area contributed by atoms with Gasteiger partial charge >= 0.3 is 0 Å². The monoisotopic (exact) mass is 311 g/mol. The molecule has 0 spiro atoms. The van der Waals surface area contributed by atoms with Crippen molar-refractivity contribution in [1.82, 2.24) is 19.5 Å². The highest BCUT2D eigenvalue weighted by molar-refractivity contribution is 5.89. The summed E-state index contributed by atoms with van der Waals surface area (Å²) in [5.41, 5.74) is 0.387. The van der Waals surface area contributed by atoms with Crippen LogP contribution in [0.2, 0.25) is 0 Å². The molecule has 1 unspecified atom stereocenters. The predicted molar refractivity (Wildman–Crippen MR) is 86.9 cm³/mol. The van der Waals surface area contributed by atoms with Crippen molar-refractivity contribution in [3.63, 3.8) is 0 Å². The van der Waals surface area contributed by atoms with E-state index >= 15 is 0 Å². The van der Waals surface area contributed by atoms with Gasteiger partial charge < -0.3 is 9.47 Å². The highest BCUT2D eigenvalue weighted by Crippen LogP contribution is 2.30. The van der Waals surface area contributed by atoms with Gasteiger partial charge in [-0.05, 0) is 31.9 Å². The normalized spacial score (nSPS) is 18.5. The molecular weight excluding hydrogens is 293 g/mol. The Morgan fingerprint density at radius 3 is 2.96 bits per heavy atom. The Kier molecular flexibility index (Phi) is 3.44. The lowest BCUT2D eigenvalue weighted by Crippen LogP contribution is -2.37. The van der Waals surface area contributed by atoms with Gasteiger partial charge in [-0.1, -0.05) is 6.07 Å². The van der Waals surface area contributed by atoms with Crippen LogP contribution in [0.5, 0.6) is 0 Å². The third kappa shape index (κ3) is 2.44. The number of hydrogen-bond acceptors (Lipinski definition) is 4. The molecule has 0 radical (unpaired) electrons. The number of piperidine rings is 1. The molecule has 6 heteroatoms. The fourth-order valence-corrected chi connectivity index (χ4v) is 3.44. The molecule has 1 aliphatic heterocycles. The second-order valence-electron chi connectivity index (χ2n) is 5.96. The predicted octanol–water partition coefficient (Wildman–Crippen LogP) is 3.12. The van der Waals surface area contributed by atoms with Crippen molar-refractivity contribution in [3.8, 4) is 0 Å². The molecule has 5 nitrogen and oxygen atoms in total. The van der Waals surface area contributed by atoms with Crippen molar-refractivity contribution in [2.24, 2.45) is 0 Å². The number of anilines is 1. The summed E-state index contributed by atoms with van der Waals surface area (Å²) in [4.78, 5) is 15.1. The van der Waals surface area contributed by atoms with Crippen LogP contribution in [0.1, 0.15) is 24.7 Å². The van der Waals surface area contributed by atoms with Gasteiger partial charge in [-0.2, -0.15) is 0 Å². The van der Waals surface area contributed by atoms with Gasteiger partial charge in [0.25, 0.3) is 0 Å². The summed E-state index contributed by atoms with van der Waals surface area (Å²) in [6.45, 7) is 3.79. The number of halogens is 1. The Morgan fingerprint density at radius 1 is 1.22 bits per heavy atom. The number of hydrogen-bond donors (Lipinski definition) is 0. The van der Waals surface area contributed by atoms with Crippen LogP contribution in [0.25, 0.3) is 10.9 Å². The smallest absolute Gasteiger partial charge is 0.149 e. The molecular formula is C17H18FN5. The molecule has 1 aliphatic rings. The Labute approximate surface area is 133 Å². The molecule has 0 N–H and O–H groups in total. The lowest BCUT2D eigenvalue weighted by Gasteiger charge is -2.35. The van der Waals surface area contributed by atoms with E-state index in [0.29, 0.717) is 11.6 Å². The van der Waals surface area contributed by atoms with Gasteiger partial charge in [-0.25, -0.2) is 19.3 Å². The minimum atomic E-state index is -0.301. The standard InChI is InChI=1S/C17H18FN5/c1-12-19-7-9-23(12)13-4-3-8-22(10-13)17-14-5-2-6-15(18)16(14)20-11-21-17/h2,5-7,9,11,13H,3-4,8,10H2,1H3. The van der Waals surface area contributed by atoms with Crippen LogP contribution in [0.4, 0.5) is 10.2 Å². The van der Waals surface area contributed by atoms with Crippen molar-refractivity contribution in [2.75, 3.05) is 18.0 Å². The number of imidazole rings is 1. The summed E-state index contributed by atoms with van der Waals surface area (Å²) in [7, 11) is 0. The molecule has 1 fully saturated rings. The van der Waals surface area contributed by atoms with Gasteiger partial charge in [0.2, 0.25) is 0 Å². The zero-order valence-corrected chi connectivity index (χ0v) is 13.0. The number of benzene rings is 1. The number of rotatable bonds is 2. The molecule has 1 saturated heterocycles. The quantitative estimate of drug-likeness (QED) is 0.729. The Morgan fingerprint density at radius 2 is 2.13 bits per heavy atom. The molecule has 4 rings (SSSR count). The summed E-state index contributed by atoms with van der Waals surface area (Å²) >= 11 is 0. The molecule has 0 saturated carbocycles. The van der Waals surface area contributed by atoms with Crippen LogP contribution in [-0.2, 0) is 0 Å². The summed E-state index contributed by atoms with van der Waals surface area (Å²) in [5, 5.41) is 0.774. The molecule has 23 heavy (non-hydrogen) atoms. The summed E-state index contributed by atoms with van der Waals surface area (Å²) < 4.78 is 16.2. The maximum absolute atomic E-state index is 14.0. The number of nitrogens with zero attached hydrogens (tertiary/aromatic N) is 5. The van der Waals surface area contributed by atoms with Crippen molar-refractivity contribution >= 4 is 16.7 Å². The second-order valence-corrected chi connectivity index (χ2v) is 5.96. The summed E-state index contributed by atoms with van der Waals surface area (Å²) in [6.07, 6.45) is 7.51. The molecule has 3 aromatic rings. The maximum Gasteiger partial charge on any atom is 0.149 e. The van der Waals surface area contributed by atoms with Gasteiger partial charge in [-0.15, -0.1) is 0 Å². The molecule has 1 aromatic carbocycles. The van der Waals surface area contributed by atoms with Crippen LogP contribution in [0.3, 0.4) is 0 Å². The molecule has 0 amide bonds. The van der Waals surface area contributed by atoms with Crippen molar-refractivity contribution < 1.29 is 4.39 Å². The SMILES string of the molecule is Cc1nccn1C1CCCN(c2ncnc3c(F)cccc23)C1. The van der Waals surface area contributed by atoms with Crippen molar-refractivity contribution in [3.05, 3.63) is 48.6 Å². The third-order valence-electron chi connectivity index (χ3n) is 4.55. The van der Waals surface area contributed by atoms with E-state index in [-0.39, 0.29) is 5.82 Å². The largest absolute Gasteiger partial charge is 0.354 e. The fraction of sp³-hybridized carbons (Fsp3) is 0.353. The summed E-state index contributed by atoms with van der Waals surface area (Å²) in [6, 6.07) is 5.41. The Bertz CT molecular complexity index is 844. The third-order valence-corrected chi connectivity index (χ3v) is 4.55. The van der Waals surface area contributed by atoms with Gasteiger partial charge in [-0.3, -0.25) is 0 Å². The fourth-order valence-electron chi connectivity index (χ4n) is 3.44. The van der Waals surface area contributed by atoms with E-state index in [2.05, 4.69) is 24.4 Å². The van der Waals surface area contributed by atoms with Gasteiger partial charge in [0.1, 0.15) is 29.3 Å². The topological polar surface area (TPSA) is 46.8 Å². The zero-order chi connectivity index (χ0) is 15.8. The van der Waals surface area contributed by atoms with E-state index in [0.717, 1.165) is 43.0 Å². The van der Waals surface area contributed by atoms with E-state index in [1.807, 2.05) is 25.4 Å². The van der Waals surface area contributed by atoms with Crippen LogP contribution in [0.15, 0.2) is 36.9 Å². The number of para-hydroxylation sites is 1. The number of aryl methyl sites for hydroxylation is 1. The van der Waals surface area contributed by atoms with Crippen LogP contribution >= 0.6 is 0 Å². The Hall–Kier alpha value is -2.50. The molecule has 0 aliphatic carbocycles. The number of aromatic nitrogens is 4. The molecule has 118 valence electrons. The first-order chi connectivity index (χ1) is 11.2. The highest BCUT2D eigenvalue weighted by atomic mass is 19.1. The molecule has 0 bridgehead atoms. The average Bonchev–Trinajstić information content (AvgIpc) is 3.01. The maximum atomic E-state index is 14.0. The molecule has 3 heterocycles. The zero-order valence-electron chi connectivity index (χ0n) is 13.0. The van der Waals surface area contributed by atoms with E-state index in [1.54, 1.807) is 6.07 Å². The van der Waals surface area contributed by atoms with Gasteiger partial charge in [0.15, 0.2) is 0 Å². The lowest BCUT2D eigenvalue weighted by molar-refractivity contribution is 0.398. The first kappa shape index (κ1) is 14.1. The van der Waals surface area contributed by atoms with Crippen molar-refractivity contribution in [2.45, 2.75) is 25.8 Å². The highest BCUT2D eigenvalue weighted by Gasteiger charge is 2.24.